The minimum Gasteiger partial charge on any atom is -0.366 e. The van der Waals surface area contributed by atoms with E-state index in [1.165, 1.54) is 22.0 Å². The van der Waals surface area contributed by atoms with Gasteiger partial charge in [0.15, 0.2) is 0 Å². The van der Waals surface area contributed by atoms with Crippen LogP contribution in [0.4, 0.5) is 10.1 Å². The molecular formula is C18H20ClFN2O2S. The van der Waals surface area contributed by atoms with Crippen LogP contribution >= 0.6 is 11.6 Å². The molecule has 1 aliphatic rings. The molecule has 0 saturated carbocycles. The molecule has 1 fully saturated rings. The van der Waals surface area contributed by atoms with Gasteiger partial charge < -0.3 is 4.90 Å². The number of rotatable bonds is 3. The topological polar surface area (TPSA) is 40.6 Å². The van der Waals surface area contributed by atoms with E-state index < -0.39 is 15.8 Å². The SMILES string of the molecule is Cc1ccc(N2CCN(S(=O)(=O)c3ccc(F)c(Cl)c3)CC2C)cc1. The van der Waals surface area contributed by atoms with Crippen LogP contribution < -0.4 is 4.90 Å². The minimum absolute atomic E-state index is 0.0230. The standard InChI is InChI=1S/C18H20ClFN2O2S/c1-13-3-5-15(6-4-13)22-10-9-21(12-14(22)2)25(23,24)16-7-8-18(20)17(19)11-16/h3-8,11,14H,9-10,12H2,1-2H3. The Bertz CT molecular complexity index is 871. The van der Waals surface area contributed by atoms with Crippen molar-refractivity contribution >= 4 is 27.3 Å². The van der Waals surface area contributed by atoms with E-state index in [9.17, 15) is 12.8 Å². The first-order valence-electron chi connectivity index (χ1n) is 8.07. The Morgan fingerprint density at radius 1 is 1.12 bits per heavy atom. The van der Waals surface area contributed by atoms with Gasteiger partial charge in [0.2, 0.25) is 10.0 Å². The van der Waals surface area contributed by atoms with Crippen LogP contribution in [0.1, 0.15) is 12.5 Å². The van der Waals surface area contributed by atoms with Crippen LogP contribution in [0.2, 0.25) is 5.02 Å². The minimum atomic E-state index is -3.69. The zero-order chi connectivity index (χ0) is 18.2. The van der Waals surface area contributed by atoms with E-state index in [4.69, 9.17) is 11.6 Å². The molecule has 0 aliphatic carbocycles. The monoisotopic (exact) mass is 382 g/mol. The molecule has 4 nitrogen and oxygen atoms in total. The van der Waals surface area contributed by atoms with Crippen LogP contribution in [0, 0.1) is 12.7 Å². The Kier molecular flexibility index (Phi) is 5.04. The van der Waals surface area contributed by atoms with Gasteiger partial charge in [0.1, 0.15) is 5.82 Å². The average molecular weight is 383 g/mol. The lowest BCUT2D eigenvalue weighted by Gasteiger charge is -2.40. The van der Waals surface area contributed by atoms with E-state index in [2.05, 4.69) is 17.0 Å². The maximum Gasteiger partial charge on any atom is 0.243 e. The summed E-state index contributed by atoms with van der Waals surface area (Å²) in [4.78, 5) is 2.22. The molecule has 25 heavy (non-hydrogen) atoms. The predicted molar refractivity (Wildman–Crippen MR) is 98.2 cm³/mol. The van der Waals surface area contributed by atoms with Gasteiger partial charge in [-0.2, -0.15) is 4.31 Å². The Hall–Kier alpha value is -1.63. The third-order valence-corrected chi connectivity index (χ3v) is 6.64. The summed E-state index contributed by atoms with van der Waals surface area (Å²) in [7, 11) is -3.69. The summed E-state index contributed by atoms with van der Waals surface area (Å²) in [5, 5.41) is -0.188. The fraction of sp³-hybridized carbons (Fsp3) is 0.333. The number of benzene rings is 2. The largest absolute Gasteiger partial charge is 0.366 e. The molecule has 2 aromatic carbocycles. The maximum atomic E-state index is 13.3. The summed E-state index contributed by atoms with van der Waals surface area (Å²) >= 11 is 5.74. The van der Waals surface area contributed by atoms with Crippen molar-refractivity contribution in [3.05, 3.63) is 58.9 Å². The van der Waals surface area contributed by atoms with Crippen molar-refractivity contribution < 1.29 is 12.8 Å². The van der Waals surface area contributed by atoms with Crippen molar-refractivity contribution in [2.75, 3.05) is 24.5 Å². The summed E-state index contributed by atoms with van der Waals surface area (Å²) in [6, 6.07) is 11.7. The summed E-state index contributed by atoms with van der Waals surface area (Å²) in [5.74, 6) is -0.627. The van der Waals surface area contributed by atoms with Gasteiger partial charge in [-0.15, -0.1) is 0 Å². The number of aryl methyl sites for hydroxylation is 1. The number of hydrogen-bond donors (Lipinski definition) is 0. The Labute approximate surface area is 152 Å². The van der Waals surface area contributed by atoms with Crippen molar-refractivity contribution in [3.63, 3.8) is 0 Å². The van der Waals surface area contributed by atoms with Crippen LogP contribution in [0.5, 0.6) is 0 Å². The number of sulfonamides is 1. The van der Waals surface area contributed by atoms with Gasteiger partial charge >= 0.3 is 0 Å². The van der Waals surface area contributed by atoms with Gasteiger partial charge in [-0.25, -0.2) is 12.8 Å². The molecule has 0 amide bonds. The van der Waals surface area contributed by atoms with E-state index in [-0.39, 0.29) is 16.0 Å². The van der Waals surface area contributed by atoms with Crippen LogP contribution in [-0.4, -0.2) is 38.4 Å². The van der Waals surface area contributed by atoms with Gasteiger partial charge in [0, 0.05) is 31.4 Å². The first-order chi connectivity index (χ1) is 11.8. The molecule has 0 radical (unpaired) electrons. The predicted octanol–water partition coefficient (Wildman–Crippen LogP) is 3.69. The second-order valence-electron chi connectivity index (χ2n) is 6.32. The van der Waals surface area contributed by atoms with Crippen LogP contribution in [0.3, 0.4) is 0 Å². The van der Waals surface area contributed by atoms with Crippen molar-refractivity contribution in [3.8, 4) is 0 Å². The molecule has 7 heteroatoms. The Morgan fingerprint density at radius 2 is 1.80 bits per heavy atom. The highest BCUT2D eigenvalue weighted by molar-refractivity contribution is 7.89. The van der Waals surface area contributed by atoms with Gasteiger partial charge in [0.25, 0.3) is 0 Å². The first kappa shape index (κ1) is 18.2. The molecule has 1 unspecified atom stereocenters. The van der Waals surface area contributed by atoms with Crippen LogP contribution in [0.25, 0.3) is 0 Å². The van der Waals surface area contributed by atoms with Gasteiger partial charge in [-0.3, -0.25) is 0 Å². The lowest BCUT2D eigenvalue weighted by Crippen LogP contribution is -2.53. The molecule has 1 atom stereocenters. The molecule has 2 aromatic rings. The number of anilines is 1. The first-order valence-corrected chi connectivity index (χ1v) is 9.89. The highest BCUT2D eigenvalue weighted by Crippen LogP contribution is 2.26. The summed E-state index contributed by atoms with van der Waals surface area (Å²) in [6.07, 6.45) is 0. The normalized spacial score (nSPS) is 19.2. The third kappa shape index (κ3) is 3.66. The zero-order valence-electron chi connectivity index (χ0n) is 14.1. The quantitative estimate of drug-likeness (QED) is 0.812. The summed E-state index contributed by atoms with van der Waals surface area (Å²) in [6.45, 7) is 5.36. The molecule has 1 saturated heterocycles. The average Bonchev–Trinajstić information content (AvgIpc) is 2.58. The Morgan fingerprint density at radius 3 is 2.40 bits per heavy atom. The molecular weight excluding hydrogens is 363 g/mol. The lowest BCUT2D eigenvalue weighted by atomic mass is 10.1. The molecule has 0 spiro atoms. The number of piperazine rings is 1. The van der Waals surface area contributed by atoms with E-state index in [0.29, 0.717) is 19.6 Å². The van der Waals surface area contributed by atoms with Crippen molar-refractivity contribution in [1.29, 1.82) is 0 Å². The second kappa shape index (κ2) is 6.94. The number of nitrogens with zero attached hydrogens (tertiary/aromatic N) is 2. The van der Waals surface area contributed by atoms with Gasteiger partial charge in [-0.05, 0) is 44.2 Å². The molecule has 0 N–H and O–H groups in total. The molecule has 1 aliphatic heterocycles. The molecule has 3 rings (SSSR count). The highest BCUT2D eigenvalue weighted by Gasteiger charge is 2.32. The smallest absolute Gasteiger partial charge is 0.243 e. The van der Waals surface area contributed by atoms with Gasteiger partial charge in [-0.1, -0.05) is 29.3 Å². The number of hydrogen-bond acceptors (Lipinski definition) is 3. The van der Waals surface area contributed by atoms with Gasteiger partial charge in [0.05, 0.1) is 9.92 Å². The molecule has 0 aromatic heterocycles. The summed E-state index contributed by atoms with van der Waals surface area (Å²) in [5.41, 5.74) is 2.27. The fourth-order valence-corrected chi connectivity index (χ4v) is 4.83. The van der Waals surface area contributed by atoms with E-state index >= 15 is 0 Å². The summed E-state index contributed by atoms with van der Waals surface area (Å²) < 4.78 is 40.4. The van der Waals surface area contributed by atoms with E-state index in [1.54, 1.807) is 0 Å². The van der Waals surface area contributed by atoms with E-state index in [0.717, 1.165) is 11.8 Å². The lowest BCUT2D eigenvalue weighted by molar-refractivity contribution is 0.342. The fourth-order valence-electron chi connectivity index (χ4n) is 3.05. The van der Waals surface area contributed by atoms with E-state index in [1.807, 2.05) is 26.0 Å². The van der Waals surface area contributed by atoms with Crippen molar-refractivity contribution in [1.82, 2.24) is 4.31 Å². The highest BCUT2D eigenvalue weighted by atomic mass is 35.5. The molecule has 0 bridgehead atoms. The maximum absolute atomic E-state index is 13.3. The van der Waals surface area contributed by atoms with Crippen LogP contribution in [-0.2, 0) is 10.0 Å². The molecule has 134 valence electrons. The second-order valence-corrected chi connectivity index (χ2v) is 8.66. The Balaban J connectivity index is 1.79. The van der Waals surface area contributed by atoms with Crippen molar-refractivity contribution in [2.24, 2.45) is 0 Å². The zero-order valence-corrected chi connectivity index (χ0v) is 15.7. The van der Waals surface area contributed by atoms with Crippen LogP contribution in [0.15, 0.2) is 47.4 Å². The third-order valence-electron chi connectivity index (χ3n) is 4.48. The number of halogens is 2. The van der Waals surface area contributed by atoms with Crippen molar-refractivity contribution in [2.45, 2.75) is 24.8 Å². The molecule has 1 heterocycles.